The minimum absolute atomic E-state index is 0.0252. The molecule has 0 saturated carbocycles. The molecule has 0 spiro atoms. The number of halogens is 2. The molecule has 132 valence electrons. The van der Waals surface area contributed by atoms with Gasteiger partial charge in [-0.15, -0.1) is 0 Å². The van der Waals surface area contributed by atoms with Crippen LogP contribution in [0.15, 0.2) is 18.2 Å². The van der Waals surface area contributed by atoms with Crippen LogP contribution in [0.25, 0.3) is 0 Å². The minimum Gasteiger partial charge on any atom is -0.490 e. The van der Waals surface area contributed by atoms with Gasteiger partial charge in [0, 0.05) is 0 Å². The van der Waals surface area contributed by atoms with Crippen LogP contribution < -0.4 is 20.5 Å². The number of amides is 2. The fraction of sp³-hybridized carbons (Fsp3) is 0.357. The summed E-state index contributed by atoms with van der Waals surface area (Å²) >= 11 is 0. The molecule has 10 heteroatoms. The van der Waals surface area contributed by atoms with E-state index in [1.807, 2.05) is 0 Å². The van der Waals surface area contributed by atoms with Crippen molar-refractivity contribution in [3.8, 4) is 11.5 Å². The van der Waals surface area contributed by atoms with Gasteiger partial charge in [0.15, 0.2) is 18.1 Å². The average molecular weight is 346 g/mol. The SMILES string of the molecule is CCOc1cc(C(=O)OCC(=O)NCC(N)=O)ccc1OC(F)F. The van der Waals surface area contributed by atoms with Gasteiger partial charge in [-0.25, -0.2) is 4.79 Å². The Bertz CT molecular complexity index is 609. The highest BCUT2D eigenvalue weighted by molar-refractivity contribution is 5.92. The molecule has 3 N–H and O–H groups in total. The van der Waals surface area contributed by atoms with Gasteiger partial charge in [-0.1, -0.05) is 0 Å². The summed E-state index contributed by atoms with van der Waals surface area (Å²) in [5.41, 5.74) is 4.82. The number of ether oxygens (including phenoxy) is 3. The molecular weight excluding hydrogens is 330 g/mol. The highest BCUT2D eigenvalue weighted by Crippen LogP contribution is 2.30. The summed E-state index contributed by atoms with van der Waals surface area (Å²) in [5, 5.41) is 2.13. The summed E-state index contributed by atoms with van der Waals surface area (Å²) in [6.45, 7) is -2.28. The lowest BCUT2D eigenvalue weighted by atomic mass is 10.2. The summed E-state index contributed by atoms with van der Waals surface area (Å²) < 4.78 is 38.7. The Labute approximate surface area is 135 Å². The van der Waals surface area contributed by atoms with Crippen LogP contribution in [0.5, 0.6) is 11.5 Å². The van der Waals surface area contributed by atoms with E-state index in [-0.39, 0.29) is 30.2 Å². The van der Waals surface area contributed by atoms with Gasteiger partial charge in [0.25, 0.3) is 5.91 Å². The van der Waals surface area contributed by atoms with E-state index in [2.05, 4.69) is 10.1 Å². The van der Waals surface area contributed by atoms with Crippen molar-refractivity contribution in [2.24, 2.45) is 5.73 Å². The third-order valence-electron chi connectivity index (χ3n) is 2.49. The number of benzene rings is 1. The van der Waals surface area contributed by atoms with Gasteiger partial charge in [-0.2, -0.15) is 8.78 Å². The van der Waals surface area contributed by atoms with E-state index >= 15 is 0 Å². The summed E-state index contributed by atoms with van der Waals surface area (Å²) in [6, 6.07) is 3.47. The van der Waals surface area contributed by atoms with Crippen molar-refractivity contribution in [1.29, 1.82) is 0 Å². The van der Waals surface area contributed by atoms with Crippen LogP contribution in [0.4, 0.5) is 8.78 Å². The Hall–Kier alpha value is -2.91. The number of rotatable bonds is 9. The molecule has 0 bridgehead atoms. The number of nitrogens with one attached hydrogen (secondary N) is 1. The first-order valence-electron chi connectivity index (χ1n) is 6.77. The monoisotopic (exact) mass is 346 g/mol. The number of alkyl halides is 2. The number of esters is 1. The first-order valence-corrected chi connectivity index (χ1v) is 6.77. The topological polar surface area (TPSA) is 117 Å². The van der Waals surface area contributed by atoms with Gasteiger partial charge >= 0.3 is 12.6 Å². The molecule has 0 heterocycles. The van der Waals surface area contributed by atoms with Gasteiger partial charge in [0.2, 0.25) is 5.91 Å². The number of carbonyl (C=O) groups is 3. The van der Waals surface area contributed by atoms with E-state index in [9.17, 15) is 23.2 Å². The van der Waals surface area contributed by atoms with E-state index in [1.165, 1.54) is 6.07 Å². The zero-order chi connectivity index (χ0) is 18.1. The predicted molar refractivity (Wildman–Crippen MR) is 76.7 cm³/mol. The zero-order valence-corrected chi connectivity index (χ0v) is 12.7. The third-order valence-corrected chi connectivity index (χ3v) is 2.49. The second-order valence-corrected chi connectivity index (χ2v) is 4.29. The van der Waals surface area contributed by atoms with Gasteiger partial charge in [-0.05, 0) is 25.1 Å². The standard InChI is InChI=1S/C14H16F2N2O6/c1-2-22-10-5-8(3-4-9(10)24-14(15)16)13(21)23-7-12(20)18-6-11(17)19/h3-5,14H,2,6-7H2,1H3,(H2,17,19)(H,18,20). The molecule has 24 heavy (non-hydrogen) atoms. The molecule has 0 aliphatic rings. The van der Waals surface area contributed by atoms with E-state index in [1.54, 1.807) is 6.92 Å². The number of hydrogen-bond donors (Lipinski definition) is 2. The van der Waals surface area contributed by atoms with Crippen molar-refractivity contribution >= 4 is 17.8 Å². The maximum absolute atomic E-state index is 12.3. The molecule has 0 aliphatic carbocycles. The van der Waals surface area contributed by atoms with Crippen molar-refractivity contribution in [3.05, 3.63) is 23.8 Å². The first-order chi connectivity index (χ1) is 11.3. The fourth-order valence-corrected chi connectivity index (χ4v) is 1.55. The Morgan fingerprint density at radius 3 is 2.54 bits per heavy atom. The lowest BCUT2D eigenvalue weighted by Crippen LogP contribution is -2.35. The Kier molecular flexibility index (Phi) is 7.40. The molecule has 0 aliphatic heterocycles. The normalized spacial score (nSPS) is 10.2. The molecule has 0 unspecified atom stereocenters. The van der Waals surface area contributed by atoms with Crippen molar-refractivity contribution in [3.63, 3.8) is 0 Å². The second-order valence-electron chi connectivity index (χ2n) is 4.29. The average Bonchev–Trinajstić information content (AvgIpc) is 2.52. The van der Waals surface area contributed by atoms with Crippen LogP contribution >= 0.6 is 0 Å². The van der Waals surface area contributed by atoms with Gasteiger partial charge in [0.05, 0.1) is 18.7 Å². The molecular formula is C14H16F2N2O6. The fourth-order valence-electron chi connectivity index (χ4n) is 1.55. The van der Waals surface area contributed by atoms with Crippen molar-refractivity contribution in [1.82, 2.24) is 5.32 Å². The lowest BCUT2D eigenvalue weighted by molar-refractivity contribution is -0.127. The summed E-state index contributed by atoms with van der Waals surface area (Å²) in [7, 11) is 0. The molecule has 1 aromatic carbocycles. The van der Waals surface area contributed by atoms with Crippen molar-refractivity contribution in [2.75, 3.05) is 19.8 Å². The molecule has 0 aromatic heterocycles. The van der Waals surface area contributed by atoms with Crippen LogP contribution in [0.2, 0.25) is 0 Å². The van der Waals surface area contributed by atoms with Crippen LogP contribution in [0.3, 0.4) is 0 Å². The van der Waals surface area contributed by atoms with Gasteiger partial charge < -0.3 is 25.3 Å². The lowest BCUT2D eigenvalue weighted by Gasteiger charge is -2.12. The molecule has 8 nitrogen and oxygen atoms in total. The van der Waals surface area contributed by atoms with E-state index < -0.39 is 31.0 Å². The first kappa shape index (κ1) is 19.1. The highest BCUT2D eigenvalue weighted by Gasteiger charge is 2.16. The molecule has 0 fully saturated rings. The van der Waals surface area contributed by atoms with Crippen LogP contribution in [-0.2, 0) is 14.3 Å². The number of primary amides is 1. The molecule has 0 saturated heterocycles. The Balaban J connectivity index is 2.71. The highest BCUT2D eigenvalue weighted by atomic mass is 19.3. The number of hydrogen-bond acceptors (Lipinski definition) is 6. The largest absolute Gasteiger partial charge is 0.490 e. The quantitative estimate of drug-likeness (QED) is 0.627. The second kappa shape index (κ2) is 9.28. The molecule has 1 rings (SSSR count). The summed E-state index contributed by atoms with van der Waals surface area (Å²) in [4.78, 5) is 33.6. The zero-order valence-electron chi connectivity index (χ0n) is 12.7. The third kappa shape index (κ3) is 6.46. The predicted octanol–water partition coefficient (Wildman–Crippen LogP) is 0.445. The van der Waals surface area contributed by atoms with Gasteiger partial charge in [0.1, 0.15) is 0 Å². The van der Waals surface area contributed by atoms with E-state index in [4.69, 9.17) is 15.2 Å². The van der Waals surface area contributed by atoms with Crippen LogP contribution in [-0.4, -0.2) is 44.2 Å². The summed E-state index contributed by atoms with van der Waals surface area (Å²) in [6.07, 6.45) is 0. The van der Waals surface area contributed by atoms with Crippen LogP contribution in [0, 0.1) is 0 Å². The summed E-state index contributed by atoms with van der Waals surface area (Å²) in [5.74, 6) is -2.64. The van der Waals surface area contributed by atoms with Gasteiger partial charge in [-0.3, -0.25) is 9.59 Å². The minimum atomic E-state index is -3.05. The maximum atomic E-state index is 12.3. The smallest absolute Gasteiger partial charge is 0.387 e. The van der Waals surface area contributed by atoms with Crippen molar-refractivity contribution in [2.45, 2.75) is 13.5 Å². The van der Waals surface area contributed by atoms with Crippen molar-refractivity contribution < 1.29 is 37.4 Å². The molecule has 0 radical (unpaired) electrons. The molecule has 0 atom stereocenters. The number of nitrogens with two attached hydrogens (primary N) is 1. The Morgan fingerprint density at radius 2 is 1.96 bits per heavy atom. The molecule has 1 aromatic rings. The molecule has 2 amide bonds. The number of carbonyl (C=O) groups excluding carboxylic acids is 3. The maximum Gasteiger partial charge on any atom is 0.387 e. The van der Waals surface area contributed by atoms with E-state index in [0.29, 0.717) is 0 Å². The van der Waals surface area contributed by atoms with E-state index in [0.717, 1.165) is 12.1 Å². The Morgan fingerprint density at radius 1 is 1.25 bits per heavy atom. The van der Waals surface area contributed by atoms with Crippen LogP contribution in [0.1, 0.15) is 17.3 Å².